The number of hydrazone groups is 1. The van der Waals surface area contributed by atoms with Crippen LogP contribution in [0.1, 0.15) is 19.3 Å². The second-order valence-electron chi connectivity index (χ2n) is 5.78. The lowest BCUT2D eigenvalue weighted by atomic mass is 10.1. The first-order valence-electron chi connectivity index (χ1n) is 7.67. The number of carbonyl (C=O) groups is 3. The smallest absolute Gasteiger partial charge is 0.328 e. The van der Waals surface area contributed by atoms with Gasteiger partial charge >= 0.3 is 11.9 Å². The highest BCUT2D eigenvalue weighted by Gasteiger charge is 2.41. The molecule has 0 aromatic heterocycles. The van der Waals surface area contributed by atoms with Crippen molar-refractivity contribution in [3.8, 4) is 0 Å². The molecule has 0 saturated carbocycles. The first kappa shape index (κ1) is 16.0. The van der Waals surface area contributed by atoms with E-state index in [1.807, 2.05) is 0 Å². The van der Waals surface area contributed by atoms with Gasteiger partial charge in [-0.25, -0.2) is 9.59 Å². The van der Waals surface area contributed by atoms with Crippen molar-refractivity contribution in [3.63, 3.8) is 0 Å². The van der Waals surface area contributed by atoms with E-state index in [4.69, 9.17) is 0 Å². The summed E-state index contributed by atoms with van der Waals surface area (Å²) in [7, 11) is 0. The summed E-state index contributed by atoms with van der Waals surface area (Å²) in [6, 6.07) is 6.89. The number of aliphatic carboxylic acids is 2. The van der Waals surface area contributed by atoms with E-state index in [0.29, 0.717) is 25.1 Å². The van der Waals surface area contributed by atoms with E-state index in [1.54, 1.807) is 30.3 Å². The molecule has 2 aliphatic rings. The van der Waals surface area contributed by atoms with Crippen molar-refractivity contribution in [1.82, 2.24) is 4.90 Å². The van der Waals surface area contributed by atoms with Crippen LogP contribution >= 0.6 is 0 Å². The molecule has 0 aliphatic carbocycles. The summed E-state index contributed by atoms with van der Waals surface area (Å²) in [6.45, 7) is 0.345. The highest BCUT2D eigenvalue weighted by molar-refractivity contribution is 6.40. The summed E-state index contributed by atoms with van der Waals surface area (Å²) in [5.74, 6) is -2.62. The molecule has 1 amide bonds. The topological polar surface area (TPSA) is 111 Å². The summed E-state index contributed by atoms with van der Waals surface area (Å²) < 4.78 is 0. The van der Waals surface area contributed by atoms with E-state index >= 15 is 0 Å². The predicted molar refractivity (Wildman–Crippen MR) is 84.8 cm³/mol. The lowest BCUT2D eigenvalue weighted by Gasteiger charge is -2.20. The zero-order valence-electron chi connectivity index (χ0n) is 12.8. The molecule has 1 fully saturated rings. The van der Waals surface area contributed by atoms with Gasteiger partial charge in [0.15, 0.2) is 6.04 Å². The van der Waals surface area contributed by atoms with Gasteiger partial charge < -0.3 is 15.1 Å². The van der Waals surface area contributed by atoms with Crippen LogP contribution in [0.25, 0.3) is 0 Å². The van der Waals surface area contributed by atoms with Crippen LogP contribution in [-0.4, -0.2) is 57.3 Å². The third kappa shape index (κ3) is 2.82. The van der Waals surface area contributed by atoms with E-state index in [2.05, 4.69) is 5.10 Å². The Kier molecular flexibility index (Phi) is 4.20. The molecule has 0 bridgehead atoms. The standard InChI is InChI=1S/C16H17N3O5/c20-14(18-8-4-7-12(18)15(21)22)11-9-13(16(23)24)19(17-11)10-5-2-1-3-6-10/h1-3,5-6,12-13H,4,7-9H2,(H,21,22)(H,23,24)/t12-,13?/m0/s1. The molecule has 8 heteroatoms. The number of rotatable bonds is 4. The third-order valence-electron chi connectivity index (χ3n) is 4.26. The number of hydrogen-bond donors (Lipinski definition) is 2. The van der Waals surface area contributed by atoms with E-state index in [9.17, 15) is 24.6 Å². The molecule has 8 nitrogen and oxygen atoms in total. The Morgan fingerprint density at radius 2 is 1.71 bits per heavy atom. The number of likely N-dealkylation sites (tertiary alicyclic amines) is 1. The van der Waals surface area contributed by atoms with Crippen molar-refractivity contribution < 1.29 is 24.6 Å². The van der Waals surface area contributed by atoms with Crippen LogP contribution in [-0.2, 0) is 14.4 Å². The molecule has 1 saturated heterocycles. The van der Waals surface area contributed by atoms with E-state index in [-0.39, 0.29) is 12.1 Å². The van der Waals surface area contributed by atoms with Gasteiger partial charge in [0.25, 0.3) is 5.91 Å². The minimum Gasteiger partial charge on any atom is -0.480 e. The zero-order valence-corrected chi connectivity index (χ0v) is 12.8. The van der Waals surface area contributed by atoms with Crippen LogP contribution in [0.2, 0.25) is 0 Å². The van der Waals surface area contributed by atoms with Crippen molar-refractivity contribution in [3.05, 3.63) is 30.3 Å². The van der Waals surface area contributed by atoms with Crippen LogP contribution in [0.3, 0.4) is 0 Å². The van der Waals surface area contributed by atoms with Crippen LogP contribution < -0.4 is 5.01 Å². The van der Waals surface area contributed by atoms with Crippen molar-refractivity contribution in [1.29, 1.82) is 0 Å². The molecule has 3 rings (SSSR count). The summed E-state index contributed by atoms with van der Waals surface area (Å²) >= 11 is 0. The highest BCUT2D eigenvalue weighted by atomic mass is 16.4. The molecule has 2 aliphatic heterocycles. The number of benzene rings is 1. The van der Waals surface area contributed by atoms with E-state index in [1.165, 1.54) is 9.91 Å². The first-order chi connectivity index (χ1) is 11.5. The van der Waals surface area contributed by atoms with Gasteiger partial charge in [0.05, 0.1) is 5.69 Å². The first-order valence-corrected chi connectivity index (χ1v) is 7.67. The van der Waals surface area contributed by atoms with Gasteiger partial charge in [-0.15, -0.1) is 0 Å². The normalized spacial score (nSPS) is 23.2. The molecule has 2 N–H and O–H groups in total. The Bertz CT molecular complexity index is 703. The summed E-state index contributed by atoms with van der Waals surface area (Å²) in [5.41, 5.74) is 0.656. The number of amides is 1. The number of carbonyl (C=O) groups excluding carboxylic acids is 1. The SMILES string of the molecule is O=C(O)C1CC(C(=O)N2CCC[C@H]2C(=O)O)=NN1c1ccccc1. The van der Waals surface area contributed by atoms with Crippen LogP contribution in [0.4, 0.5) is 5.69 Å². The second-order valence-corrected chi connectivity index (χ2v) is 5.78. The third-order valence-corrected chi connectivity index (χ3v) is 4.26. The summed E-state index contributed by atoms with van der Waals surface area (Å²) in [4.78, 5) is 36.7. The Labute approximate surface area is 138 Å². The molecule has 126 valence electrons. The molecule has 1 aromatic carbocycles. The molecular formula is C16H17N3O5. The number of para-hydroxylation sites is 1. The average molecular weight is 331 g/mol. The Morgan fingerprint density at radius 1 is 1.04 bits per heavy atom. The van der Waals surface area contributed by atoms with Gasteiger partial charge in [0.2, 0.25) is 0 Å². The van der Waals surface area contributed by atoms with Crippen molar-refractivity contribution in [2.75, 3.05) is 11.6 Å². The monoisotopic (exact) mass is 331 g/mol. The van der Waals surface area contributed by atoms with Crippen molar-refractivity contribution >= 4 is 29.2 Å². The van der Waals surface area contributed by atoms with Gasteiger partial charge in [-0.2, -0.15) is 5.10 Å². The maximum absolute atomic E-state index is 12.6. The van der Waals surface area contributed by atoms with Crippen LogP contribution in [0, 0.1) is 0 Å². The number of hydrogen-bond acceptors (Lipinski definition) is 5. The Hall–Kier alpha value is -2.90. The van der Waals surface area contributed by atoms with E-state index in [0.717, 1.165) is 0 Å². The Balaban J connectivity index is 1.87. The summed E-state index contributed by atoms with van der Waals surface area (Å²) in [6.07, 6.45) is 0.964. The maximum Gasteiger partial charge on any atom is 0.328 e. The predicted octanol–water partition coefficient (Wildman–Crippen LogP) is 0.781. The maximum atomic E-state index is 12.6. The average Bonchev–Trinajstić information content (AvgIpc) is 3.22. The molecule has 0 radical (unpaired) electrons. The zero-order chi connectivity index (χ0) is 17.3. The van der Waals surface area contributed by atoms with Crippen LogP contribution in [0.15, 0.2) is 35.4 Å². The molecular weight excluding hydrogens is 314 g/mol. The fourth-order valence-corrected chi connectivity index (χ4v) is 3.08. The van der Waals surface area contributed by atoms with Crippen molar-refractivity contribution in [2.45, 2.75) is 31.3 Å². The molecule has 2 heterocycles. The second kappa shape index (κ2) is 6.31. The van der Waals surface area contributed by atoms with Crippen LogP contribution in [0.5, 0.6) is 0 Å². The molecule has 2 atom stereocenters. The fraction of sp³-hybridized carbons (Fsp3) is 0.375. The number of nitrogens with zero attached hydrogens (tertiary/aromatic N) is 3. The lowest BCUT2D eigenvalue weighted by molar-refractivity contribution is -0.146. The molecule has 0 spiro atoms. The number of carboxylic acid groups (broad SMARTS) is 2. The van der Waals surface area contributed by atoms with Gasteiger partial charge in [-0.1, -0.05) is 18.2 Å². The quantitative estimate of drug-likeness (QED) is 0.843. The van der Waals surface area contributed by atoms with Crippen molar-refractivity contribution in [2.24, 2.45) is 5.10 Å². The molecule has 1 unspecified atom stereocenters. The summed E-state index contributed by atoms with van der Waals surface area (Å²) in [5, 5.41) is 24.1. The lowest BCUT2D eigenvalue weighted by Crippen LogP contribution is -2.44. The van der Waals surface area contributed by atoms with Gasteiger partial charge in [0.1, 0.15) is 11.8 Å². The fourth-order valence-electron chi connectivity index (χ4n) is 3.08. The van der Waals surface area contributed by atoms with E-state index < -0.39 is 29.9 Å². The highest BCUT2D eigenvalue weighted by Crippen LogP contribution is 2.27. The number of carboxylic acids is 2. The minimum atomic E-state index is -1.08. The van der Waals surface area contributed by atoms with Gasteiger partial charge in [-0.05, 0) is 25.0 Å². The number of anilines is 1. The van der Waals surface area contributed by atoms with Gasteiger partial charge in [-0.3, -0.25) is 9.80 Å². The Morgan fingerprint density at radius 3 is 2.33 bits per heavy atom. The van der Waals surface area contributed by atoms with Gasteiger partial charge in [0, 0.05) is 13.0 Å². The largest absolute Gasteiger partial charge is 0.480 e. The minimum absolute atomic E-state index is 0.0497. The molecule has 24 heavy (non-hydrogen) atoms. The molecule has 1 aromatic rings.